The summed E-state index contributed by atoms with van der Waals surface area (Å²) in [5.74, 6) is 16.5. The highest BCUT2D eigenvalue weighted by molar-refractivity contribution is 6.32. The van der Waals surface area contributed by atoms with Crippen LogP contribution in [0, 0.1) is 0 Å². The quantitative estimate of drug-likeness (QED) is 0.0353. The number of imidazole rings is 1. The van der Waals surface area contributed by atoms with E-state index in [9.17, 15) is 4.79 Å². The van der Waals surface area contributed by atoms with Crippen LogP contribution in [0.2, 0.25) is 5.15 Å². The number of esters is 1. The number of aryl methyl sites for hydroxylation is 1. The van der Waals surface area contributed by atoms with Gasteiger partial charge < -0.3 is 25.7 Å². The Morgan fingerprint density at radius 3 is 2.61 bits per heavy atom. The zero-order chi connectivity index (χ0) is 31.9. The molecular weight excluding hydrogens is 594 g/mol. The van der Waals surface area contributed by atoms with Gasteiger partial charge in [-0.25, -0.2) is 31.4 Å². The molecule has 1 aromatic carbocycles. The normalized spacial score (nSPS) is 17.0. The van der Waals surface area contributed by atoms with Gasteiger partial charge in [0.2, 0.25) is 6.79 Å². The van der Waals surface area contributed by atoms with E-state index >= 15 is 0 Å². The number of aliphatic hydroxyl groups excluding tert-OH is 1. The lowest BCUT2D eigenvalue weighted by atomic mass is 9.90. The second kappa shape index (κ2) is 18.4. The van der Waals surface area contributed by atoms with E-state index in [0.717, 1.165) is 66.7 Å². The Morgan fingerprint density at radius 2 is 2.00 bits per heavy atom. The number of amidine groups is 1. The highest BCUT2D eigenvalue weighted by atomic mass is 35.5. The van der Waals surface area contributed by atoms with Crippen molar-refractivity contribution in [2.45, 2.75) is 58.1 Å². The molecule has 4 rings (SSSR count). The van der Waals surface area contributed by atoms with Crippen molar-refractivity contribution in [2.75, 3.05) is 27.0 Å². The molecule has 0 bridgehead atoms. The minimum Gasteiger partial charge on any atom is -0.432 e. The van der Waals surface area contributed by atoms with Crippen LogP contribution >= 0.6 is 11.6 Å². The highest BCUT2D eigenvalue weighted by Crippen LogP contribution is 2.29. The van der Waals surface area contributed by atoms with Crippen LogP contribution in [0.4, 0.5) is 0 Å². The van der Waals surface area contributed by atoms with Gasteiger partial charge in [0.1, 0.15) is 5.82 Å². The summed E-state index contributed by atoms with van der Waals surface area (Å²) in [7, 11) is 1.42. The van der Waals surface area contributed by atoms with Gasteiger partial charge in [0.15, 0.2) is 16.7 Å². The molecule has 1 atom stereocenters. The van der Waals surface area contributed by atoms with E-state index in [1.54, 1.807) is 9.58 Å². The number of unbranched alkanes of at least 4 members (excludes halogenated alkanes) is 1. The molecule has 0 saturated carbocycles. The van der Waals surface area contributed by atoms with Crippen LogP contribution in [0.15, 0.2) is 47.1 Å². The molecule has 242 valence electrons. The molecule has 16 heteroatoms. The van der Waals surface area contributed by atoms with Crippen molar-refractivity contribution >= 4 is 29.0 Å². The number of hydrazine groups is 2. The fourth-order valence-electron chi connectivity index (χ4n) is 4.76. The number of β-amino-alcohol motifs (C(OH)–C–C–N with tert-alkyl or cyclic N) is 1. The third-order valence-electron chi connectivity index (χ3n) is 6.90. The first-order valence-corrected chi connectivity index (χ1v) is 14.6. The van der Waals surface area contributed by atoms with E-state index in [1.807, 2.05) is 24.3 Å². The Kier molecular flexibility index (Phi) is 14.7. The molecule has 2 aliphatic rings. The number of aromatic nitrogens is 2. The molecule has 44 heavy (non-hydrogen) atoms. The topological polar surface area (TPSA) is 210 Å². The zero-order valence-corrected chi connectivity index (χ0v) is 25.8. The maximum absolute atomic E-state index is 12.6. The molecule has 1 fully saturated rings. The van der Waals surface area contributed by atoms with Gasteiger partial charge >= 0.3 is 5.97 Å². The van der Waals surface area contributed by atoms with Crippen LogP contribution in [-0.4, -0.2) is 64.6 Å². The van der Waals surface area contributed by atoms with Crippen molar-refractivity contribution in [3.8, 4) is 0 Å². The third-order valence-corrected chi connectivity index (χ3v) is 7.17. The number of carbonyl (C=O) groups is 1. The molecule has 1 aliphatic heterocycles. The number of hydrogen-bond donors (Lipinski definition) is 6. The number of aliphatic hydroxyl groups is 1. The van der Waals surface area contributed by atoms with Gasteiger partial charge in [-0.2, -0.15) is 5.10 Å². The van der Waals surface area contributed by atoms with Gasteiger partial charge in [0.25, 0.3) is 0 Å². The number of carbonyl (C=O) groups excluding carboxylic acids is 1. The predicted molar refractivity (Wildman–Crippen MR) is 165 cm³/mol. The van der Waals surface area contributed by atoms with Crippen molar-refractivity contribution in [1.82, 2.24) is 25.6 Å². The summed E-state index contributed by atoms with van der Waals surface area (Å²) in [4.78, 5) is 30.1. The van der Waals surface area contributed by atoms with Crippen LogP contribution < -0.4 is 28.6 Å². The lowest BCUT2D eigenvalue weighted by Gasteiger charge is -2.18. The van der Waals surface area contributed by atoms with E-state index in [4.69, 9.17) is 39.0 Å². The summed E-state index contributed by atoms with van der Waals surface area (Å²) in [6.45, 7) is 3.48. The summed E-state index contributed by atoms with van der Waals surface area (Å²) in [5.41, 5.74) is 9.07. The first kappa shape index (κ1) is 35.1. The van der Waals surface area contributed by atoms with E-state index in [0.29, 0.717) is 25.3 Å². The Hall–Kier alpha value is -3.38. The third kappa shape index (κ3) is 9.82. The second-order valence-corrected chi connectivity index (χ2v) is 10.3. The predicted octanol–water partition coefficient (Wildman–Crippen LogP) is 1.82. The molecule has 1 saturated heterocycles. The van der Waals surface area contributed by atoms with Crippen LogP contribution in [0.1, 0.15) is 66.5 Å². The van der Waals surface area contributed by atoms with Gasteiger partial charge in [0, 0.05) is 31.6 Å². The first-order valence-electron chi connectivity index (χ1n) is 14.2. The van der Waals surface area contributed by atoms with Crippen molar-refractivity contribution in [2.24, 2.45) is 22.7 Å². The molecule has 0 spiro atoms. The number of hydrogen-bond acceptors (Lipinski definition) is 13. The Bertz CT molecular complexity index is 1300. The largest absolute Gasteiger partial charge is 0.432 e. The number of hydrazone groups is 1. The summed E-state index contributed by atoms with van der Waals surface area (Å²) >= 11 is 6.31. The minimum absolute atomic E-state index is 0.0924. The van der Waals surface area contributed by atoms with E-state index in [2.05, 4.69) is 54.9 Å². The van der Waals surface area contributed by atoms with Crippen LogP contribution in [0.5, 0.6) is 0 Å². The standard InChI is InChI=1S/C23H30ClN7O3.C5H12N2O3/c1-2-3-8-19-28-21(24)20(23(32)33-14-34-27)31(19)13-15-9-11-16(12-10-15)17-6-4-5-7-18(17)22(29-25)30-26;1-9-10-6-7-3-2-5(8)4-7/h6-7,9-12H,2-5,8,13-14,25-27H2,1H3,(H,29,30);5-6,8H,2-4H2,1H3. The number of rotatable bonds is 13. The fourth-order valence-corrected chi connectivity index (χ4v) is 5.03. The number of nitrogens with one attached hydrogen (secondary N) is 2. The average molecular weight is 636 g/mol. The van der Waals surface area contributed by atoms with E-state index < -0.39 is 5.97 Å². The van der Waals surface area contributed by atoms with Crippen molar-refractivity contribution < 1.29 is 29.4 Å². The van der Waals surface area contributed by atoms with Gasteiger partial charge in [-0.15, -0.1) is 10.6 Å². The van der Waals surface area contributed by atoms with Gasteiger partial charge in [-0.3, -0.25) is 4.84 Å². The highest BCUT2D eigenvalue weighted by Gasteiger charge is 2.24. The van der Waals surface area contributed by atoms with Crippen molar-refractivity contribution in [3.05, 3.63) is 69.8 Å². The van der Waals surface area contributed by atoms with Gasteiger partial charge in [0.05, 0.1) is 13.2 Å². The van der Waals surface area contributed by atoms with Gasteiger partial charge in [-0.1, -0.05) is 61.4 Å². The van der Waals surface area contributed by atoms with Crippen LogP contribution in [-0.2, 0) is 32.4 Å². The number of ether oxygens (including phenoxy) is 1. The van der Waals surface area contributed by atoms with Crippen molar-refractivity contribution in [3.63, 3.8) is 0 Å². The number of nitrogens with two attached hydrogens (primary N) is 3. The molecule has 0 amide bonds. The monoisotopic (exact) mass is 635 g/mol. The number of nitrogens with zero attached hydrogens (tertiary/aromatic N) is 4. The summed E-state index contributed by atoms with van der Waals surface area (Å²) < 4.78 is 6.81. The molecule has 2 aromatic rings. The second-order valence-electron chi connectivity index (χ2n) is 9.94. The molecule has 0 radical (unpaired) electrons. The first-order chi connectivity index (χ1) is 21.4. The molecule has 9 N–H and O–H groups in total. The molecule has 15 nitrogen and oxygen atoms in total. The Morgan fingerprint density at radius 1 is 1.25 bits per heavy atom. The molecular formula is C28H42ClN9O6. The molecule has 2 heterocycles. The van der Waals surface area contributed by atoms with Gasteiger partial charge in [-0.05, 0) is 42.4 Å². The van der Waals surface area contributed by atoms with Crippen LogP contribution in [0.3, 0.4) is 0 Å². The van der Waals surface area contributed by atoms with E-state index in [-0.39, 0.29) is 23.7 Å². The average Bonchev–Trinajstić information content (AvgIpc) is 3.60. The fraction of sp³-hybridized carbons (Fsp3) is 0.464. The number of benzene rings is 1. The molecule has 1 unspecified atom stereocenters. The maximum Gasteiger partial charge on any atom is 0.360 e. The molecule has 1 aromatic heterocycles. The van der Waals surface area contributed by atoms with Crippen LogP contribution in [0.25, 0.3) is 5.57 Å². The number of halogens is 1. The lowest BCUT2D eigenvalue weighted by Crippen LogP contribution is -2.36. The smallest absolute Gasteiger partial charge is 0.360 e. The summed E-state index contributed by atoms with van der Waals surface area (Å²) in [6.07, 6.45) is 9.11. The maximum atomic E-state index is 12.6. The Balaban J connectivity index is 0.000000448. The Labute approximate surface area is 261 Å². The van der Waals surface area contributed by atoms with Crippen molar-refractivity contribution in [1.29, 1.82) is 0 Å². The summed E-state index contributed by atoms with van der Waals surface area (Å²) in [6, 6.07) is 8.01. The number of allylic oxidation sites excluding steroid dienone is 2. The lowest BCUT2D eigenvalue weighted by molar-refractivity contribution is -0.352. The zero-order valence-electron chi connectivity index (χ0n) is 25.0. The minimum atomic E-state index is -0.646. The summed E-state index contributed by atoms with van der Waals surface area (Å²) in [5, 5.41) is 14.6. The molecule has 1 aliphatic carbocycles. The SMILES string of the molecule is CCCCc1nc(Cl)c(C(=O)OCON)n1Cc1ccc(C2=CCCC=C2/C(=N/N)NN)cc1.COONN1CCC(O)C1. The van der Waals surface area contributed by atoms with E-state index in [1.165, 1.54) is 7.11 Å².